The van der Waals surface area contributed by atoms with Gasteiger partial charge in [0.25, 0.3) is 5.56 Å². The number of hydrogen-bond acceptors (Lipinski definition) is 4. The van der Waals surface area contributed by atoms with Crippen molar-refractivity contribution in [2.24, 2.45) is 0 Å². The second kappa shape index (κ2) is 8.51. The summed E-state index contributed by atoms with van der Waals surface area (Å²) in [5, 5.41) is 6.86. The van der Waals surface area contributed by atoms with Crippen molar-refractivity contribution < 1.29 is 0 Å². The molecule has 1 unspecified atom stereocenters. The molecule has 3 aromatic carbocycles. The molecule has 0 spiro atoms. The van der Waals surface area contributed by atoms with Gasteiger partial charge in [-0.25, -0.2) is 4.98 Å². The number of pyridine rings is 1. The second-order valence-electron chi connectivity index (χ2n) is 9.45. The number of thioether (sulfide) groups is 1. The summed E-state index contributed by atoms with van der Waals surface area (Å²) in [7, 11) is 0. The summed E-state index contributed by atoms with van der Waals surface area (Å²) in [6.45, 7) is 0. The number of aromatic nitrogens is 2. The monoisotopic (exact) mass is 492 g/mol. The van der Waals surface area contributed by atoms with Crippen molar-refractivity contribution in [1.82, 2.24) is 9.55 Å². The fourth-order valence-corrected chi connectivity index (χ4v) is 7.76. The molecule has 0 bridgehead atoms. The molecule has 0 saturated heterocycles. The highest BCUT2D eigenvalue weighted by Gasteiger charge is 2.36. The first-order valence-electron chi connectivity index (χ1n) is 12.1. The third kappa shape index (κ3) is 3.74. The van der Waals surface area contributed by atoms with E-state index in [1.807, 2.05) is 40.6 Å². The minimum Gasteiger partial charge on any atom is -0.292 e. The van der Waals surface area contributed by atoms with E-state index < -0.39 is 0 Å². The fourth-order valence-electron chi connectivity index (χ4n) is 5.31. The summed E-state index contributed by atoms with van der Waals surface area (Å²) < 4.78 is 2.04. The maximum atomic E-state index is 13.6. The lowest BCUT2D eigenvalue weighted by molar-refractivity contribution is 0.582. The van der Waals surface area contributed by atoms with Crippen molar-refractivity contribution >= 4 is 33.9 Å². The zero-order chi connectivity index (χ0) is 23.4. The largest absolute Gasteiger partial charge is 0.292 e. The normalized spacial score (nSPS) is 17.1. The van der Waals surface area contributed by atoms with Crippen LogP contribution >= 0.6 is 23.1 Å². The molecular weight excluding hydrogens is 468 g/mol. The van der Waals surface area contributed by atoms with Crippen LogP contribution < -0.4 is 5.56 Å². The molecule has 5 heteroatoms. The summed E-state index contributed by atoms with van der Waals surface area (Å²) in [6.07, 6.45) is 3.24. The predicted molar refractivity (Wildman–Crippen MR) is 146 cm³/mol. The Morgan fingerprint density at radius 3 is 2.57 bits per heavy atom. The van der Waals surface area contributed by atoms with Crippen LogP contribution in [-0.4, -0.2) is 15.3 Å². The van der Waals surface area contributed by atoms with Crippen LogP contribution in [0.25, 0.3) is 22.0 Å². The lowest BCUT2D eigenvalue weighted by Crippen LogP contribution is -2.25. The summed E-state index contributed by atoms with van der Waals surface area (Å²) in [4.78, 5) is 18.5. The van der Waals surface area contributed by atoms with Gasteiger partial charge >= 0.3 is 0 Å². The first kappa shape index (κ1) is 21.2. The number of fused-ring (bicyclic) bond motifs is 2. The molecule has 3 heterocycles. The third-order valence-electron chi connectivity index (χ3n) is 7.14. The van der Waals surface area contributed by atoms with Crippen LogP contribution in [-0.2, 0) is 6.42 Å². The Morgan fingerprint density at radius 2 is 1.71 bits per heavy atom. The molecule has 2 aromatic heterocycles. The molecule has 1 fully saturated rings. The Balaban J connectivity index is 1.30. The average Bonchev–Trinajstić information content (AvgIpc) is 3.42. The van der Waals surface area contributed by atoms with Crippen molar-refractivity contribution in [2.75, 3.05) is 5.75 Å². The Morgan fingerprint density at radius 1 is 0.914 bits per heavy atom. The van der Waals surface area contributed by atoms with Gasteiger partial charge in [0.2, 0.25) is 0 Å². The second-order valence-corrected chi connectivity index (χ2v) is 11.3. The Hall–Kier alpha value is -3.15. The van der Waals surface area contributed by atoms with Crippen molar-refractivity contribution in [2.45, 2.75) is 36.2 Å². The van der Waals surface area contributed by atoms with E-state index in [4.69, 9.17) is 4.98 Å². The SMILES string of the molecule is O=c1cc(Cc2cccc3ccccc23)c(C2CC2)c2n1C(c1nc(-c3ccccc3)cs1)CS2. The highest BCUT2D eigenvalue weighted by molar-refractivity contribution is 7.99. The van der Waals surface area contributed by atoms with Crippen molar-refractivity contribution in [3.05, 3.63) is 116 Å². The van der Waals surface area contributed by atoms with Crippen LogP contribution in [0.15, 0.2) is 94.1 Å². The number of hydrogen-bond donors (Lipinski definition) is 0. The molecule has 0 amide bonds. The Labute approximate surface area is 212 Å². The number of nitrogens with zero attached hydrogens (tertiary/aromatic N) is 2. The van der Waals surface area contributed by atoms with Gasteiger partial charge < -0.3 is 0 Å². The van der Waals surface area contributed by atoms with Crippen LogP contribution in [0.5, 0.6) is 0 Å². The van der Waals surface area contributed by atoms with E-state index in [2.05, 4.69) is 60.0 Å². The van der Waals surface area contributed by atoms with Crippen molar-refractivity contribution in [3.8, 4) is 11.3 Å². The van der Waals surface area contributed by atoms with E-state index >= 15 is 0 Å². The fraction of sp³-hybridized carbons (Fsp3) is 0.200. The van der Waals surface area contributed by atoms with Crippen molar-refractivity contribution in [1.29, 1.82) is 0 Å². The van der Waals surface area contributed by atoms with Gasteiger partial charge in [-0.05, 0) is 52.6 Å². The Bertz CT molecular complexity index is 1610. The molecule has 5 aromatic rings. The summed E-state index contributed by atoms with van der Waals surface area (Å²) in [6, 6.07) is 27.3. The minimum absolute atomic E-state index is 0.00840. The first-order chi connectivity index (χ1) is 17.3. The van der Waals surface area contributed by atoms with E-state index in [1.54, 1.807) is 11.3 Å². The van der Waals surface area contributed by atoms with E-state index in [0.29, 0.717) is 5.92 Å². The molecule has 1 aliphatic heterocycles. The predicted octanol–water partition coefficient (Wildman–Crippen LogP) is 7.29. The number of thiazole rings is 1. The van der Waals surface area contributed by atoms with Crippen LogP contribution in [0, 0.1) is 0 Å². The standard InChI is InChI=1S/C30H24N2OS2/c33-27-16-23(15-22-11-6-10-19-7-4-5-12-24(19)22)28(21-13-14-21)30-32(27)26(18-35-30)29-31-25(17-34-29)20-8-2-1-3-9-20/h1-12,16-17,21,26H,13-15,18H2. The molecule has 1 atom stereocenters. The van der Waals surface area contributed by atoms with Gasteiger partial charge in [-0.3, -0.25) is 9.36 Å². The van der Waals surface area contributed by atoms with Gasteiger partial charge in [-0.15, -0.1) is 23.1 Å². The highest BCUT2D eigenvalue weighted by atomic mass is 32.2. The van der Waals surface area contributed by atoms with E-state index in [0.717, 1.165) is 28.4 Å². The maximum absolute atomic E-state index is 13.6. The maximum Gasteiger partial charge on any atom is 0.252 e. The molecule has 2 aliphatic rings. The van der Waals surface area contributed by atoms with Gasteiger partial charge in [0.05, 0.1) is 16.8 Å². The van der Waals surface area contributed by atoms with Crippen LogP contribution in [0.1, 0.15) is 46.5 Å². The van der Waals surface area contributed by atoms with Gasteiger partial charge in [0.1, 0.15) is 5.01 Å². The highest BCUT2D eigenvalue weighted by Crippen LogP contribution is 2.49. The Kier molecular flexibility index (Phi) is 5.14. The van der Waals surface area contributed by atoms with E-state index in [-0.39, 0.29) is 11.6 Å². The smallest absolute Gasteiger partial charge is 0.252 e. The quantitative estimate of drug-likeness (QED) is 0.258. The first-order valence-corrected chi connectivity index (χ1v) is 14.0. The zero-order valence-corrected chi connectivity index (χ0v) is 20.8. The molecule has 3 nitrogen and oxygen atoms in total. The molecule has 1 aliphatic carbocycles. The molecule has 172 valence electrons. The molecule has 0 N–H and O–H groups in total. The molecular formula is C30H24N2OS2. The lowest BCUT2D eigenvalue weighted by atomic mass is 9.95. The van der Waals surface area contributed by atoms with Gasteiger partial charge in [0, 0.05) is 22.8 Å². The summed E-state index contributed by atoms with van der Waals surface area (Å²) in [5.74, 6) is 1.44. The van der Waals surface area contributed by atoms with Gasteiger partial charge in [-0.1, -0.05) is 72.8 Å². The van der Waals surface area contributed by atoms with Gasteiger partial charge in [-0.2, -0.15) is 0 Å². The number of benzene rings is 3. The topological polar surface area (TPSA) is 34.9 Å². The molecule has 7 rings (SSSR count). The number of rotatable bonds is 5. The van der Waals surface area contributed by atoms with E-state index in [1.165, 1.54) is 45.3 Å². The van der Waals surface area contributed by atoms with Crippen molar-refractivity contribution in [3.63, 3.8) is 0 Å². The van der Waals surface area contributed by atoms with Crippen LogP contribution in [0.4, 0.5) is 0 Å². The van der Waals surface area contributed by atoms with E-state index in [9.17, 15) is 4.79 Å². The van der Waals surface area contributed by atoms with Crippen LogP contribution in [0.3, 0.4) is 0 Å². The molecule has 1 saturated carbocycles. The van der Waals surface area contributed by atoms with Gasteiger partial charge in [0.15, 0.2) is 0 Å². The summed E-state index contributed by atoms with van der Waals surface area (Å²) in [5.41, 5.74) is 6.12. The van der Waals surface area contributed by atoms with Crippen LogP contribution in [0.2, 0.25) is 0 Å². The minimum atomic E-state index is 0.00840. The lowest BCUT2D eigenvalue weighted by Gasteiger charge is -2.17. The zero-order valence-electron chi connectivity index (χ0n) is 19.2. The third-order valence-corrected chi connectivity index (χ3v) is 9.26. The molecule has 0 radical (unpaired) electrons. The molecule has 35 heavy (non-hydrogen) atoms. The average molecular weight is 493 g/mol. The summed E-state index contributed by atoms with van der Waals surface area (Å²) >= 11 is 3.51.